The fraction of sp³-hybridized carbons (Fsp3) is 0.909. The number of hydrogen-bond acceptors (Lipinski definition) is 3. The van der Waals surface area contributed by atoms with Gasteiger partial charge in [-0.1, -0.05) is 6.92 Å². The number of carbonyl (C=O) groups is 1. The predicted molar refractivity (Wildman–Crippen MR) is 64.2 cm³/mol. The molecule has 0 spiro atoms. The van der Waals surface area contributed by atoms with Crippen LogP contribution in [0.2, 0.25) is 0 Å². The van der Waals surface area contributed by atoms with Gasteiger partial charge in [0, 0.05) is 31.2 Å². The average Bonchev–Trinajstić information content (AvgIpc) is 2.28. The van der Waals surface area contributed by atoms with E-state index in [2.05, 4.69) is 6.92 Å². The maximum Gasteiger partial charge on any atom is 0.254 e. The van der Waals surface area contributed by atoms with Gasteiger partial charge in [0.05, 0.1) is 0 Å². The Balaban J connectivity index is 2.60. The van der Waals surface area contributed by atoms with Gasteiger partial charge < -0.3 is 9.64 Å². The van der Waals surface area contributed by atoms with E-state index in [9.17, 15) is 4.79 Å². The summed E-state index contributed by atoms with van der Waals surface area (Å²) < 4.78 is 5.22. The third kappa shape index (κ3) is 3.11. The average molecular weight is 231 g/mol. The molecule has 3 nitrogen and oxygen atoms in total. The summed E-state index contributed by atoms with van der Waals surface area (Å²) in [5.74, 6) is 1.16. The Labute approximate surface area is 96.5 Å². The van der Waals surface area contributed by atoms with Crippen LogP contribution in [0.15, 0.2) is 0 Å². The molecule has 1 fully saturated rings. The second kappa shape index (κ2) is 5.21. The van der Waals surface area contributed by atoms with Gasteiger partial charge in [-0.05, 0) is 20.3 Å². The number of thioether (sulfide) groups is 1. The van der Waals surface area contributed by atoms with Gasteiger partial charge in [-0.25, -0.2) is 0 Å². The van der Waals surface area contributed by atoms with Gasteiger partial charge >= 0.3 is 0 Å². The van der Waals surface area contributed by atoms with Crippen LogP contribution in [0.3, 0.4) is 0 Å². The number of nitrogens with zero attached hydrogens (tertiary/aromatic N) is 1. The van der Waals surface area contributed by atoms with Crippen molar-refractivity contribution in [3.8, 4) is 0 Å². The van der Waals surface area contributed by atoms with Crippen molar-refractivity contribution in [3.63, 3.8) is 0 Å². The first-order valence-electron chi connectivity index (χ1n) is 5.47. The first-order valence-corrected chi connectivity index (χ1v) is 6.52. The van der Waals surface area contributed by atoms with Crippen LogP contribution in [0.4, 0.5) is 0 Å². The SMILES string of the molecule is CCC1CN(C(=O)C(C)(C)OC)CCS1. The highest BCUT2D eigenvalue weighted by Gasteiger charge is 2.34. The number of carbonyl (C=O) groups excluding carboxylic acids is 1. The normalized spacial score (nSPS) is 22.9. The monoisotopic (exact) mass is 231 g/mol. The number of ether oxygens (including phenoxy) is 1. The summed E-state index contributed by atoms with van der Waals surface area (Å²) in [4.78, 5) is 14.0. The van der Waals surface area contributed by atoms with Crippen molar-refractivity contribution in [2.45, 2.75) is 38.0 Å². The summed E-state index contributed by atoms with van der Waals surface area (Å²) in [7, 11) is 1.59. The fourth-order valence-corrected chi connectivity index (χ4v) is 2.80. The van der Waals surface area contributed by atoms with E-state index in [1.807, 2.05) is 30.5 Å². The van der Waals surface area contributed by atoms with Gasteiger partial charge in [-0.3, -0.25) is 4.79 Å². The van der Waals surface area contributed by atoms with Crippen molar-refractivity contribution in [3.05, 3.63) is 0 Å². The summed E-state index contributed by atoms with van der Waals surface area (Å²) >= 11 is 1.97. The molecule has 0 bridgehead atoms. The lowest BCUT2D eigenvalue weighted by Gasteiger charge is -2.36. The Hall–Kier alpha value is -0.220. The van der Waals surface area contributed by atoms with Gasteiger partial charge in [0.25, 0.3) is 5.91 Å². The van der Waals surface area contributed by atoms with E-state index in [0.29, 0.717) is 5.25 Å². The molecule has 1 aliphatic rings. The Bertz CT molecular complexity index is 231. The number of methoxy groups -OCH3 is 1. The summed E-state index contributed by atoms with van der Waals surface area (Å²) in [6, 6.07) is 0. The van der Waals surface area contributed by atoms with Crippen LogP contribution in [0, 0.1) is 0 Å². The van der Waals surface area contributed by atoms with E-state index < -0.39 is 5.60 Å². The summed E-state index contributed by atoms with van der Waals surface area (Å²) in [6.45, 7) is 7.56. The largest absolute Gasteiger partial charge is 0.369 e. The van der Waals surface area contributed by atoms with Crippen molar-refractivity contribution in [1.29, 1.82) is 0 Å². The topological polar surface area (TPSA) is 29.5 Å². The Morgan fingerprint density at radius 1 is 1.60 bits per heavy atom. The van der Waals surface area contributed by atoms with Crippen LogP contribution in [0.1, 0.15) is 27.2 Å². The molecule has 1 heterocycles. The van der Waals surface area contributed by atoms with Gasteiger partial charge in [-0.15, -0.1) is 0 Å². The van der Waals surface area contributed by atoms with Gasteiger partial charge in [0.2, 0.25) is 0 Å². The first-order chi connectivity index (χ1) is 7.01. The van der Waals surface area contributed by atoms with Gasteiger partial charge in [0.15, 0.2) is 0 Å². The highest BCUT2D eigenvalue weighted by atomic mass is 32.2. The molecule has 0 radical (unpaired) electrons. The van der Waals surface area contributed by atoms with Crippen LogP contribution in [-0.2, 0) is 9.53 Å². The molecule has 1 amide bonds. The van der Waals surface area contributed by atoms with E-state index in [4.69, 9.17) is 4.74 Å². The highest BCUT2D eigenvalue weighted by Crippen LogP contribution is 2.23. The third-order valence-corrected chi connectivity index (χ3v) is 4.28. The molecule has 4 heteroatoms. The molecule has 1 aliphatic heterocycles. The molecule has 0 saturated carbocycles. The molecule has 88 valence electrons. The van der Waals surface area contributed by atoms with E-state index in [1.165, 1.54) is 0 Å². The van der Waals surface area contributed by atoms with Crippen molar-refractivity contribution in [1.82, 2.24) is 4.90 Å². The molecule has 0 aliphatic carbocycles. The van der Waals surface area contributed by atoms with Crippen LogP contribution in [0.5, 0.6) is 0 Å². The smallest absolute Gasteiger partial charge is 0.254 e. The molecule has 1 saturated heterocycles. The number of amides is 1. The molecule has 0 N–H and O–H groups in total. The lowest BCUT2D eigenvalue weighted by atomic mass is 10.1. The molecule has 1 atom stereocenters. The zero-order valence-corrected chi connectivity index (χ0v) is 10.9. The van der Waals surface area contributed by atoms with E-state index >= 15 is 0 Å². The van der Waals surface area contributed by atoms with Crippen molar-refractivity contribution >= 4 is 17.7 Å². The molecular weight excluding hydrogens is 210 g/mol. The maximum absolute atomic E-state index is 12.1. The predicted octanol–water partition coefficient (Wildman–Crippen LogP) is 1.77. The minimum Gasteiger partial charge on any atom is -0.369 e. The summed E-state index contributed by atoms with van der Waals surface area (Å²) in [5.41, 5.74) is -0.680. The van der Waals surface area contributed by atoms with Crippen molar-refractivity contribution in [2.75, 3.05) is 26.0 Å². The van der Waals surface area contributed by atoms with Crippen LogP contribution in [-0.4, -0.2) is 47.6 Å². The number of hydrogen-bond donors (Lipinski definition) is 0. The molecule has 1 unspecified atom stereocenters. The van der Waals surface area contributed by atoms with Crippen molar-refractivity contribution < 1.29 is 9.53 Å². The minimum absolute atomic E-state index is 0.115. The van der Waals surface area contributed by atoms with E-state index in [1.54, 1.807) is 7.11 Å². The Kier molecular flexibility index (Phi) is 4.46. The number of rotatable bonds is 3. The van der Waals surface area contributed by atoms with Crippen molar-refractivity contribution in [2.24, 2.45) is 0 Å². The molecule has 0 aromatic carbocycles. The van der Waals surface area contributed by atoms with Gasteiger partial charge in [-0.2, -0.15) is 11.8 Å². The molecular formula is C11H21NO2S. The van der Waals surface area contributed by atoms with Crippen LogP contribution >= 0.6 is 11.8 Å². The standard InChI is InChI=1S/C11H21NO2S/c1-5-9-8-12(6-7-15-9)10(13)11(2,3)14-4/h9H,5-8H2,1-4H3. The zero-order chi connectivity index (χ0) is 11.5. The second-order valence-electron chi connectivity index (χ2n) is 4.37. The lowest BCUT2D eigenvalue weighted by molar-refractivity contribution is -0.150. The van der Waals surface area contributed by atoms with Crippen LogP contribution < -0.4 is 0 Å². The zero-order valence-electron chi connectivity index (χ0n) is 10.1. The molecule has 15 heavy (non-hydrogen) atoms. The maximum atomic E-state index is 12.1. The van der Waals surface area contributed by atoms with E-state index in [0.717, 1.165) is 25.3 Å². The molecule has 0 aromatic heterocycles. The fourth-order valence-electron chi connectivity index (χ4n) is 1.62. The molecule has 0 aromatic rings. The van der Waals surface area contributed by atoms with E-state index in [-0.39, 0.29) is 5.91 Å². The quantitative estimate of drug-likeness (QED) is 0.741. The Morgan fingerprint density at radius 3 is 2.80 bits per heavy atom. The summed E-state index contributed by atoms with van der Waals surface area (Å²) in [6.07, 6.45) is 1.13. The second-order valence-corrected chi connectivity index (χ2v) is 5.77. The third-order valence-electron chi connectivity index (χ3n) is 2.91. The minimum atomic E-state index is -0.680. The first kappa shape index (κ1) is 12.8. The van der Waals surface area contributed by atoms with Gasteiger partial charge in [0.1, 0.15) is 5.60 Å². The summed E-state index contributed by atoms with van der Waals surface area (Å²) in [5, 5.41) is 0.593. The lowest BCUT2D eigenvalue weighted by Crippen LogP contribution is -2.51. The Morgan fingerprint density at radius 2 is 2.27 bits per heavy atom. The highest BCUT2D eigenvalue weighted by molar-refractivity contribution is 8.00. The molecule has 1 rings (SSSR count). The van der Waals surface area contributed by atoms with Crippen LogP contribution in [0.25, 0.3) is 0 Å².